The van der Waals surface area contributed by atoms with E-state index in [0.717, 1.165) is 22.5 Å². The van der Waals surface area contributed by atoms with E-state index in [1.807, 2.05) is 135 Å². The smallest absolute Gasteiger partial charge is 0.295 e. The van der Waals surface area contributed by atoms with Crippen LogP contribution in [-0.2, 0) is 36.5 Å². The Bertz CT molecular complexity index is 1970. The van der Waals surface area contributed by atoms with Gasteiger partial charge in [0.05, 0.1) is 35.6 Å². The maximum Gasteiger partial charge on any atom is 0.295 e. The van der Waals surface area contributed by atoms with Crippen LogP contribution in [0.1, 0.15) is 22.5 Å². The van der Waals surface area contributed by atoms with Gasteiger partial charge in [0.25, 0.3) is 11.1 Å². The number of aromatic nitrogens is 4. The number of para-hydroxylation sites is 2. The molecule has 2 aromatic heterocycles. The van der Waals surface area contributed by atoms with E-state index in [9.17, 15) is 19.2 Å². The molecule has 0 spiro atoms. The van der Waals surface area contributed by atoms with E-state index in [1.165, 1.54) is 0 Å². The predicted octanol–water partition coefficient (Wildman–Crippen LogP) is 5.33. The van der Waals surface area contributed by atoms with E-state index in [1.54, 1.807) is 32.8 Å². The van der Waals surface area contributed by atoms with Crippen LogP contribution in [0.25, 0.3) is 11.4 Å². The Hall–Kier alpha value is -6.16. The Morgan fingerprint density at radius 2 is 0.792 bits per heavy atom. The molecule has 48 heavy (non-hydrogen) atoms. The van der Waals surface area contributed by atoms with Gasteiger partial charge in [0.1, 0.15) is 11.4 Å². The summed E-state index contributed by atoms with van der Waals surface area (Å²) < 4.78 is 6.59. The van der Waals surface area contributed by atoms with Crippen LogP contribution in [-0.4, -0.2) is 30.5 Å². The fraction of sp³-hybridized carbons (Fsp3) is 0.158. The van der Waals surface area contributed by atoms with Crippen LogP contribution in [0.4, 0.5) is 11.4 Å². The highest BCUT2D eigenvalue weighted by atomic mass is 16.2. The number of anilines is 2. The number of nitrogens with one attached hydrogen (secondary N) is 2. The molecule has 2 amide bonds. The third kappa shape index (κ3) is 7.45. The largest absolute Gasteiger partial charge is 0.320 e. The van der Waals surface area contributed by atoms with Crippen LogP contribution in [0, 0.1) is 13.8 Å². The zero-order valence-electron chi connectivity index (χ0n) is 27.4. The first-order chi connectivity index (χ1) is 23.2. The fourth-order valence-corrected chi connectivity index (χ4v) is 5.35. The van der Waals surface area contributed by atoms with E-state index < -0.39 is 0 Å². The summed E-state index contributed by atoms with van der Waals surface area (Å²) in [4.78, 5) is 50.0. The molecule has 0 atom stereocenters. The summed E-state index contributed by atoms with van der Waals surface area (Å²) in [7, 11) is 3.60. The van der Waals surface area contributed by atoms with Crippen LogP contribution in [0.3, 0.4) is 0 Å². The average molecular weight is 643 g/mol. The second-order valence-corrected chi connectivity index (χ2v) is 11.3. The standard InChI is InChI=1S/2C19H19N3O2/c2*1-14-18(20-17(23)13-15-9-5-3-6-10-15)19(24)22(21(14)2)16-11-7-4-8-12-16/h2*3-12H,13H2,1-2H3,(H,20,23). The zero-order chi connectivity index (χ0) is 34.2. The molecular formula is C38H38N6O4. The van der Waals surface area contributed by atoms with Crippen molar-refractivity contribution < 1.29 is 9.59 Å². The van der Waals surface area contributed by atoms with Gasteiger partial charge in [-0.25, -0.2) is 9.36 Å². The lowest BCUT2D eigenvalue weighted by Gasteiger charge is -2.07. The van der Waals surface area contributed by atoms with Gasteiger partial charge in [-0.05, 0) is 49.2 Å². The second kappa shape index (κ2) is 15.0. The van der Waals surface area contributed by atoms with E-state index in [-0.39, 0.29) is 35.8 Å². The summed E-state index contributed by atoms with van der Waals surface area (Å²) in [6.07, 6.45) is 0.472. The van der Waals surface area contributed by atoms with Crippen molar-refractivity contribution in [2.24, 2.45) is 14.1 Å². The lowest BCUT2D eigenvalue weighted by molar-refractivity contribution is -0.116. The minimum atomic E-state index is -0.234. The first kappa shape index (κ1) is 33.2. The molecule has 10 heteroatoms. The molecule has 0 saturated heterocycles. The van der Waals surface area contributed by atoms with Crippen LogP contribution in [0.2, 0.25) is 0 Å². The Kier molecular flexibility index (Phi) is 10.3. The van der Waals surface area contributed by atoms with Gasteiger partial charge in [-0.2, -0.15) is 0 Å². The molecule has 2 N–H and O–H groups in total. The summed E-state index contributed by atoms with van der Waals surface area (Å²) in [6, 6.07) is 37.6. The maximum absolute atomic E-state index is 12.7. The SMILES string of the molecule is Cc1c(NC(=O)Cc2ccccc2)c(=O)n(-c2ccccc2)n1C.Cc1c(NC(=O)Cc2ccccc2)c(=O)n(-c2ccccc2)n1C. The van der Waals surface area contributed by atoms with Crippen molar-refractivity contribution in [2.45, 2.75) is 26.7 Å². The minimum Gasteiger partial charge on any atom is -0.320 e. The zero-order valence-corrected chi connectivity index (χ0v) is 27.4. The Morgan fingerprint density at radius 3 is 1.10 bits per heavy atom. The number of hydrogen-bond acceptors (Lipinski definition) is 4. The van der Waals surface area contributed by atoms with Gasteiger partial charge >= 0.3 is 0 Å². The highest BCUT2D eigenvalue weighted by Crippen LogP contribution is 2.16. The van der Waals surface area contributed by atoms with E-state index in [0.29, 0.717) is 22.8 Å². The lowest BCUT2D eigenvalue weighted by atomic mass is 10.1. The minimum absolute atomic E-state index is 0.202. The summed E-state index contributed by atoms with van der Waals surface area (Å²) in [5, 5.41) is 5.53. The first-order valence-corrected chi connectivity index (χ1v) is 15.5. The molecule has 6 rings (SSSR count). The number of nitrogens with zero attached hydrogens (tertiary/aromatic N) is 4. The molecule has 10 nitrogen and oxygen atoms in total. The Morgan fingerprint density at radius 1 is 0.500 bits per heavy atom. The van der Waals surface area contributed by atoms with Gasteiger partial charge in [0, 0.05) is 14.1 Å². The lowest BCUT2D eigenvalue weighted by Crippen LogP contribution is -2.23. The van der Waals surface area contributed by atoms with Crippen LogP contribution >= 0.6 is 0 Å². The molecule has 2 heterocycles. The molecule has 244 valence electrons. The topological polar surface area (TPSA) is 112 Å². The van der Waals surface area contributed by atoms with Gasteiger partial charge in [-0.1, -0.05) is 97.1 Å². The van der Waals surface area contributed by atoms with Gasteiger partial charge in [-0.3, -0.25) is 28.5 Å². The summed E-state index contributed by atoms with van der Waals surface area (Å²) in [5.74, 6) is -0.403. The van der Waals surface area contributed by atoms with Crippen molar-refractivity contribution in [3.63, 3.8) is 0 Å². The molecular weight excluding hydrogens is 604 g/mol. The van der Waals surface area contributed by atoms with E-state index >= 15 is 0 Å². The molecule has 0 fully saturated rings. The second-order valence-electron chi connectivity index (χ2n) is 11.3. The third-order valence-corrected chi connectivity index (χ3v) is 8.05. The highest BCUT2D eigenvalue weighted by molar-refractivity contribution is 5.93. The monoisotopic (exact) mass is 642 g/mol. The Balaban J connectivity index is 0.000000188. The molecule has 0 aliphatic heterocycles. The molecule has 0 saturated carbocycles. The van der Waals surface area contributed by atoms with Gasteiger partial charge < -0.3 is 10.6 Å². The summed E-state index contributed by atoms with van der Waals surface area (Å²) >= 11 is 0. The number of hydrogen-bond donors (Lipinski definition) is 2. The quantitative estimate of drug-likeness (QED) is 0.234. The molecule has 0 aliphatic rings. The molecule has 0 bridgehead atoms. The molecule has 0 unspecified atom stereocenters. The predicted molar refractivity (Wildman–Crippen MR) is 189 cm³/mol. The number of rotatable bonds is 8. The van der Waals surface area contributed by atoms with E-state index in [2.05, 4.69) is 10.6 Å². The number of benzene rings is 4. The third-order valence-electron chi connectivity index (χ3n) is 8.05. The fourth-order valence-electron chi connectivity index (χ4n) is 5.35. The number of carbonyl (C=O) groups excluding carboxylic acids is 2. The van der Waals surface area contributed by atoms with Crippen LogP contribution in [0.5, 0.6) is 0 Å². The molecule has 6 aromatic rings. The van der Waals surface area contributed by atoms with Crippen molar-refractivity contribution in [1.82, 2.24) is 18.7 Å². The van der Waals surface area contributed by atoms with Gasteiger partial charge in [-0.15, -0.1) is 0 Å². The van der Waals surface area contributed by atoms with Crippen LogP contribution in [0.15, 0.2) is 131 Å². The molecule has 4 aromatic carbocycles. The van der Waals surface area contributed by atoms with E-state index in [4.69, 9.17) is 0 Å². The van der Waals surface area contributed by atoms with Crippen molar-refractivity contribution >= 4 is 23.2 Å². The van der Waals surface area contributed by atoms with Crippen molar-refractivity contribution in [2.75, 3.05) is 10.6 Å². The first-order valence-electron chi connectivity index (χ1n) is 15.5. The highest BCUT2D eigenvalue weighted by Gasteiger charge is 2.19. The van der Waals surface area contributed by atoms with Crippen molar-refractivity contribution in [3.05, 3.63) is 165 Å². The molecule has 0 aliphatic carbocycles. The maximum atomic E-state index is 12.7. The average Bonchev–Trinajstić information content (AvgIpc) is 3.44. The van der Waals surface area contributed by atoms with Crippen LogP contribution < -0.4 is 21.8 Å². The van der Waals surface area contributed by atoms with Gasteiger partial charge in [0.2, 0.25) is 11.8 Å². The number of amides is 2. The Labute approximate surface area is 278 Å². The van der Waals surface area contributed by atoms with Crippen molar-refractivity contribution in [3.8, 4) is 11.4 Å². The molecule has 0 radical (unpaired) electrons. The van der Waals surface area contributed by atoms with Crippen molar-refractivity contribution in [1.29, 1.82) is 0 Å². The number of carbonyl (C=O) groups is 2. The summed E-state index contributed by atoms with van der Waals surface area (Å²) in [5.41, 5.74) is 4.94. The normalized spacial score (nSPS) is 10.6. The van der Waals surface area contributed by atoms with Gasteiger partial charge in [0.15, 0.2) is 0 Å². The summed E-state index contributed by atoms with van der Waals surface area (Å²) in [6.45, 7) is 3.64.